The molecule has 0 fully saturated rings. The summed E-state index contributed by atoms with van der Waals surface area (Å²) in [4.78, 5) is 21.9. The quantitative estimate of drug-likeness (QED) is 0.795. The van der Waals surface area contributed by atoms with Crippen molar-refractivity contribution >= 4 is 35.3 Å². The number of benzene rings is 1. The van der Waals surface area contributed by atoms with Crippen LogP contribution in [0.4, 0.5) is 0 Å². The first kappa shape index (κ1) is 12.9. The van der Waals surface area contributed by atoms with E-state index in [-0.39, 0.29) is 0 Å². The van der Waals surface area contributed by atoms with Crippen LogP contribution >= 0.6 is 23.4 Å². The number of aliphatic carboxylic acids is 2. The van der Waals surface area contributed by atoms with Crippen molar-refractivity contribution in [2.24, 2.45) is 0 Å². The van der Waals surface area contributed by atoms with Crippen LogP contribution in [0.2, 0.25) is 5.02 Å². The second kappa shape index (κ2) is 5.77. The van der Waals surface area contributed by atoms with Crippen LogP contribution in [0.5, 0.6) is 0 Å². The number of carboxylic acids is 2. The van der Waals surface area contributed by atoms with E-state index in [4.69, 9.17) is 21.8 Å². The molecule has 1 aromatic rings. The van der Waals surface area contributed by atoms with Gasteiger partial charge in [-0.15, -0.1) is 11.8 Å². The summed E-state index contributed by atoms with van der Waals surface area (Å²) >= 11 is 6.67. The second-order valence-corrected chi connectivity index (χ2v) is 4.71. The zero-order valence-electron chi connectivity index (χ0n) is 8.09. The van der Waals surface area contributed by atoms with E-state index in [0.29, 0.717) is 9.92 Å². The summed E-state index contributed by atoms with van der Waals surface area (Å²) in [5.41, 5.74) is 0. The lowest BCUT2D eigenvalue weighted by Gasteiger charge is -2.09. The van der Waals surface area contributed by atoms with Crippen LogP contribution in [0, 0.1) is 0 Å². The van der Waals surface area contributed by atoms with Crippen molar-refractivity contribution in [2.75, 3.05) is 0 Å². The zero-order valence-corrected chi connectivity index (χ0v) is 9.66. The lowest BCUT2D eigenvalue weighted by atomic mass is 10.3. The maximum atomic E-state index is 10.8. The van der Waals surface area contributed by atoms with Crippen molar-refractivity contribution in [3.8, 4) is 0 Å². The van der Waals surface area contributed by atoms with Crippen LogP contribution in [-0.4, -0.2) is 27.4 Å². The molecule has 1 aromatic carbocycles. The summed E-state index contributed by atoms with van der Waals surface area (Å²) in [6, 6.07) is 6.57. The van der Waals surface area contributed by atoms with Gasteiger partial charge in [0.1, 0.15) is 5.25 Å². The lowest BCUT2D eigenvalue weighted by Crippen LogP contribution is -2.20. The Hall–Kier alpha value is -1.20. The van der Waals surface area contributed by atoms with Crippen molar-refractivity contribution in [1.82, 2.24) is 0 Å². The molecule has 86 valence electrons. The van der Waals surface area contributed by atoms with Gasteiger partial charge in [0.05, 0.1) is 6.42 Å². The molecule has 0 spiro atoms. The van der Waals surface area contributed by atoms with E-state index in [0.717, 1.165) is 11.8 Å². The lowest BCUT2D eigenvalue weighted by molar-refractivity contribution is -0.142. The highest BCUT2D eigenvalue weighted by Crippen LogP contribution is 2.26. The van der Waals surface area contributed by atoms with Crippen LogP contribution in [0.3, 0.4) is 0 Å². The number of carbonyl (C=O) groups is 2. The molecular weight excluding hydrogens is 252 g/mol. The molecule has 6 heteroatoms. The minimum absolute atomic E-state index is 0.414. The molecular formula is C10H9ClO4S. The number of halogens is 1. The van der Waals surface area contributed by atoms with Gasteiger partial charge in [0, 0.05) is 9.92 Å². The van der Waals surface area contributed by atoms with E-state index in [1.54, 1.807) is 24.3 Å². The molecule has 1 atom stereocenters. The molecule has 4 nitrogen and oxygen atoms in total. The number of rotatable bonds is 5. The van der Waals surface area contributed by atoms with Crippen molar-refractivity contribution in [2.45, 2.75) is 16.6 Å². The average molecular weight is 261 g/mol. The third-order valence-corrected chi connectivity index (χ3v) is 3.18. The van der Waals surface area contributed by atoms with Gasteiger partial charge < -0.3 is 10.2 Å². The van der Waals surface area contributed by atoms with Gasteiger partial charge in [-0.25, -0.2) is 0 Å². The molecule has 2 N–H and O–H groups in total. The molecule has 0 heterocycles. The Bertz CT molecular complexity index is 390. The molecule has 1 unspecified atom stereocenters. The molecule has 1 rings (SSSR count). The Morgan fingerprint density at radius 3 is 2.25 bits per heavy atom. The maximum absolute atomic E-state index is 10.8. The number of hydrogen-bond acceptors (Lipinski definition) is 3. The summed E-state index contributed by atoms with van der Waals surface area (Å²) in [6.07, 6.45) is -0.414. The van der Waals surface area contributed by atoms with Crippen molar-refractivity contribution < 1.29 is 19.8 Å². The minimum atomic E-state index is -1.14. The summed E-state index contributed by atoms with van der Waals surface area (Å²) < 4.78 is 0. The Labute approximate surface area is 101 Å². The van der Waals surface area contributed by atoms with E-state index in [9.17, 15) is 9.59 Å². The second-order valence-electron chi connectivity index (χ2n) is 3.00. The van der Waals surface area contributed by atoms with Gasteiger partial charge in [-0.3, -0.25) is 9.59 Å². The Balaban J connectivity index is 2.71. The van der Waals surface area contributed by atoms with Crippen LogP contribution < -0.4 is 0 Å². The smallest absolute Gasteiger partial charge is 0.317 e. The van der Waals surface area contributed by atoms with Crippen LogP contribution in [0.1, 0.15) is 6.42 Å². The predicted molar refractivity (Wildman–Crippen MR) is 61.0 cm³/mol. The maximum Gasteiger partial charge on any atom is 0.317 e. The molecule has 0 saturated carbocycles. The topological polar surface area (TPSA) is 74.6 Å². The highest BCUT2D eigenvalue weighted by atomic mass is 35.5. The highest BCUT2D eigenvalue weighted by molar-refractivity contribution is 8.00. The first-order chi connectivity index (χ1) is 7.49. The predicted octanol–water partition coefficient (Wildman–Crippen LogP) is 2.36. The zero-order chi connectivity index (χ0) is 12.1. The molecule has 0 radical (unpaired) electrons. The van der Waals surface area contributed by atoms with Crippen molar-refractivity contribution in [1.29, 1.82) is 0 Å². The van der Waals surface area contributed by atoms with Gasteiger partial charge in [0.25, 0.3) is 0 Å². The largest absolute Gasteiger partial charge is 0.481 e. The van der Waals surface area contributed by atoms with E-state index in [2.05, 4.69) is 0 Å². The minimum Gasteiger partial charge on any atom is -0.481 e. The summed E-state index contributed by atoms with van der Waals surface area (Å²) in [6.45, 7) is 0. The standard InChI is InChI=1S/C10H9ClO4S/c11-6-1-3-7(4-2-6)16-8(10(14)15)5-9(12)13/h1-4,8H,5H2,(H,12,13)(H,14,15). The molecule has 16 heavy (non-hydrogen) atoms. The summed E-state index contributed by atoms with van der Waals surface area (Å²) in [5.74, 6) is -2.27. The fourth-order valence-electron chi connectivity index (χ4n) is 1.02. The summed E-state index contributed by atoms with van der Waals surface area (Å²) in [7, 11) is 0. The first-order valence-corrected chi connectivity index (χ1v) is 5.61. The van der Waals surface area contributed by atoms with Crippen LogP contribution in [-0.2, 0) is 9.59 Å². The van der Waals surface area contributed by atoms with Crippen molar-refractivity contribution in [3.63, 3.8) is 0 Å². The monoisotopic (exact) mass is 260 g/mol. The molecule has 0 amide bonds. The molecule has 0 bridgehead atoms. The van der Waals surface area contributed by atoms with Gasteiger partial charge in [0.15, 0.2) is 0 Å². The first-order valence-electron chi connectivity index (χ1n) is 4.36. The third-order valence-electron chi connectivity index (χ3n) is 1.73. The molecule has 0 aliphatic heterocycles. The molecule has 0 aliphatic carbocycles. The number of thioether (sulfide) groups is 1. The van der Waals surface area contributed by atoms with Crippen LogP contribution in [0.25, 0.3) is 0 Å². The normalized spacial score (nSPS) is 12.1. The van der Waals surface area contributed by atoms with Crippen LogP contribution in [0.15, 0.2) is 29.2 Å². The van der Waals surface area contributed by atoms with Gasteiger partial charge in [0.2, 0.25) is 0 Å². The van der Waals surface area contributed by atoms with E-state index in [1.807, 2.05) is 0 Å². The van der Waals surface area contributed by atoms with E-state index < -0.39 is 23.6 Å². The third kappa shape index (κ3) is 4.12. The van der Waals surface area contributed by atoms with Gasteiger partial charge in [-0.1, -0.05) is 11.6 Å². The number of carboxylic acid groups (broad SMARTS) is 2. The SMILES string of the molecule is O=C(O)CC(Sc1ccc(Cl)cc1)C(=O)O. The summed E-state index contributed by atoms with van der Waals surface area (Å²) in [5, 5.41) is 16.9. The highest BCUT2D eigenvalue weighted by Gasteiger charge is 2.22. The Kier molecular flexibility index (Phi) is 4.64. The Morgan fingerprint density at radius 1 is 1.25 bits per heavy atom. The van der Waals surface area contributed by atoms with E-state index >= 15 is 0 Å². The molecule has 0 aliphatic rings. The van der Waals surface area contributed by atoms with E-state index in [1.165, 1.54) is 0 Å². The fourth-order valence-corrected chi connectivity index (χ4v) is 2.09. The fraction of sp³-hybridized carbons (Fsp3) is 0.200. The van der Waals surface area contributed by atoms with Gasteiger partial charge in [-0.05, 0) is 24.3 Å². The molecule has 0 aromatic heterocycles. The van der Waals surface area contributed by atoms with Gasteiger partial charge in [-0.2, -0.15) is 0 Å². The van der Waals surface area contributed by atoms with Crippen molar-refractivity contribution in [3.05, 3.63) is 29.3 Å². The number of hydrogen-bond donors (Lipinski definition) is 2. The Morgan fingerprint density at radius 2 is 1.81 bits per heavy atom. The average Bonchev–Trinajstić information content (AvgIpc) is 2.19. The molecule has 0 saturated heterocycles. The van der Waals surface area contributed by atoms with Gasteiger partial charge >= 0.3 is 11.9 Å².